The number of aromatic nitrogens is 5. The zero-order chi connectivity index (χ0) is 23.0. The first-order valence-corrected chi connectivity index (χ1v) is 9.73. The van der Waals surface area contributed by atoms with Crippen molar-refractivity contribution in [2.45, 2.75) is 6.18 Å². The third kappa shape index (κ3) is 4.36. The molecule has 6 nitrogen and oxygen atoms in total. The fourth-order valence-corrected chi connectivity index (χ4v) is 3.27. The molecule has 0 spiro atoms. The van der Waals surface area contributed by atoms with Gasteiger partial charge in [0.15, 0.2) is 0 Å². The summed E-state index contributed by atoms with van der Waals surface area (Å²) in [4.78, 5) is 19.8. The lowest BCUT2D eigenvalue weighted by molar-refractivity contribution is -0.137. The highest BCUT2D eigenvalue weighted by molar-refractivity contribution is 5.81. The lowest BCUT2D eigenvalue weighted by Gasteiger charge is -2.07. The zero-order valence-corrected chi connectivity index (χ0v) is 16.7. The molecule has 0 aliphatic heterocycles. The number of H-pyrrole nitrogens is 1. The second kappa shape index (κ2) is 7.97. The topological polar surface area (TPSA) is 79.4 Å². The smallest absolute Gasteiger partial charge is 0.338 e. The maximum absolute atomic E-state index is 13.0. The Hall–Kier alpha value is -4.34. The van der Waals surface area contributed by atoms with E-state index in [1.165, 1.54) is 18.2 Å². The van der Waals surface area contributed by atoms with Gasteiger partial charge in [-0.3, -0.25) is 4.98 Å². The summed E-state index contributed by atoms with van der Waals surface area (Å²) in [6.07, 6.45) is -0.172. The zero-order valence-electron chi connectivity index (χ0n) is 16.7. The van der Waals surface area contributed by atoms with Gasteiger partial charge in [-0.05, 0) is 42.5 Å². The normalized spacial score (nSPS) is 11.6. The maximum Gasteiger partial charge on any atom is 0.416 e. The molecule has 2 N–H and O–H groups in total. The summed E-state index contributed by atoms with van der Waals surface area (Å²) in [7, 11) is 0. The highest BCUT2D eigenvalue weighted by Crippen LogP contribution is 2.32. The van der Waals surface area contributed by atoms with Gasteiger partial charge in [0, 0.05) is 29.2 Å². The first kappa shape index (κ1) is 20.6. The Morgan fingerprint density at radius 1 is 0.818 bits per heavy atom. The van der Waals surface area contributed by atoms with Gasteiger partial charge in [0.1, 0.15) is 11.6 Å². The van der Waals surface area contributed by atoms with Crippen molar-refractivity contribution in [3.63, 3.8) is 0 Å². The van der Waals surface area contributed by atoms with Gasteiger partial charge < -0.3 is 10.3 Å². The Morgan fingerprint density at radius 3 is 2.36 bits per heavy atom. The Kier molecular flexibility index (Phi) is 4.97. The molecule has 0 amide bonds. The van der Waals surface area contributed by atoms with Gasteiger partial charge >= 0.3 is 6.18 Å². The number of hydrogen-bond donors (Lipinski definition) is 2. The Balaban J connectivity index is 1.37. The largest absolute Gasteiger partial charge is 0.416 e. The Labute approximate surface area is 184 Å². The third-order valence-electron chi connectivity index (χ3n) is 4.88. The molecule has 5 rings (SSSR count). The van der Waals surface area contributed by atoms with Crippen LogP contribution in [0.1, 0.15) is 5.56 Å². The summed E-state index contributed by atoms with van der Waals surface area (Å²) < 4.78 is 51.9. The third-order valence-corrected chi connectivity index (χ3v) is 4.88. The average molecular weight is 450 g/mol. The Bertz CT molecular complexity index is 1430. The number of pyridine rings is 1. The molecule has 0 saturated heterocycles. The SMILES string of the molecule is Fc1ccc(-c2cnc(Nc3cccc(-c4nc5ccc(C(F)(F)F)cc5[nH]4)c3)nc2)nc1. The quantitative estimate of drug-likeness (QED) is 0.329. The molecule has 3 heterocycles. The number of anilines is 2. The fourth-order valence-electron chi connectivity index (χ4n) is 3.27. The van der Waals surface area contributed by atoms with Crippen molar-refractivity contribution < 1.29 is 17.6 Å². The summed E-state index contributed by atoms with van der Waals surface area (Å²) in [6, 6.07) is 13.4. The minimum atomic E-state index is -4.42. The molecule has 0 unspecified atom stereocenters. The van der Waals surface area contributed by atoms with E-state index in [0.717, 1.165) is 18.3 Å². The molecule has 0 aliphatic rings. The van der Waals surface area contributed by atoms with Crippen LogP contribution in [0, 0.1) is 5.82 Å². The first-order chi connectivity index (χ1) is 15.8. The number of halogens is 4. The lowest BCUT2D eigenvalue weighted by Crippen LogP contribution is -2.04. The van der Waals surface area contributed by atoms with Crippen LogP contribution in [0.2, 0.25) is 0 Å². The average Bonchev–Trinajstić information content (AvgIpc) is 3.24. The molecule has 2 aromatic carbocycles. The van der Waals surface area contributed by atoms with Crippen molar-refractivity contribution in [2.24, 2.45) is 0 Å². The van der Waals surface area contributed by atoms with Crippen molar-refractivity contribution in [1.82, 2.24) is 24.9 Å². The highest BCUT2D eigenvalue weighted by Gasteiger charge is 2.30. The van der Waals surface area contributed by atoms with E-state index in [9.17, 15) is 17.6 Å². The van der Waals surface area contributed by atoms with Gasteiger partial charge in [0.2, 0.25) is 5.95 Å². The summed E-state index contributed by atoms with van der Waals surface area (Å²) in [5, 5.41) is 3.07. The van der Waals surface area contributed by atoms with Crippen molar-refractivity contribution >= 4 is 22.7 Å². The molecule has 0 fully saturated rings. The number of hydrogen-bond acceptors (Lipinski definition) is 5. The number of nitrogens with one attached hydrogen (secondary N) is 2. The van der Waals surface area contributed by atoms with Crippen LogP contribution in [0.3, 0.4) is 0 Å². The Morgan fingerprint density at radius 2 is 1.64 bits per heavy atom. The molecule has 10 heteroatoms. The minimum absolute atomic E-state index is 0.298. The number of nitrogens with zero attached hydrogens (tertiary/aromatic N) is 4. The van der Waals surface area contributed by atoms with E-state index >= 15 is 0 Å². The molecule has 0 bridgehead atoms. The van der Waals surface area contributed by atoms with E-state index in [-0.39, 0.29) is 0 Å². The van der Waals surface area contributed by atoms with Crippen molar-refractivity contribution in [3.05, 3.63) is 84.6 Å². The predicted molar refractivity (Wildman–Crippen MR) is 115 cm³/mol. The number of benzene rings is 2. The number of rotatable bonds is 4. The second-order valence-corrected chi connectivity index (χ2v) is 7.18. The number of aromatic amines is 1. The van der Waals surface area contributed by atoms with Crippen LogP contribution in [0.5, 0.6) is 0 Å². The molecule has 5 aromatic rings. The standard InChI is InChI=1S/C23H14F4N6/c24-16-5-7-18(28-12-16)14-10-29-22(30-11-14)31-17-3-1-2-13(8-17)21-32-19-6-4-15(23(25,26)27)9-20(19)33-21/h1-12H,(H,32,33)(H,29,30,31). The van der Waals surface area contributed by atoms with Crippen LogP contribution in [-0.4, -0.2) is 24.9 Å². The molecule has 0 atom stereocenters. The highest BCUT2D eigenvalue weighted by atomic mass is 19.4. The van der Waals surface area contributed by atoms with Gasteiger partial charge in [-0.1, -0.05) is 12.1 Å². The second-order valence-electron chi connectivity index (χ2n) is 7.18. The van der Waals surface area contributed by atoms with Crippen molar-refractivity contribution in [2.75, 3.05) is 5.32 Å². The van der Waals surface area contributed by atoms with E-state index in [0.29, 0.717) is 45.3 Å². The van der Waals surface area contributed by atoms with E-state index in [4.69, 9.17) is 0 Å². The molecule has 3 aromatic heterocycles. The van der Waals surface area contributed by atoms with E-state index in [2.05, 4.69) is 30.2 Å². The molecule has 164 valence electrons. The molecular weight excluding hydrogens is 436 g/mol. The van der Waals surface area contributed by atoms with Gasteiger partial charge in [0.05, 0.1) is 28.5 Å². The van der Waals surface area contributed by atoms with E-state index in [1.807, 2.05) is 0 Å². The summed E-state index contributed by atoms with van der Waals surface area (Å²) in [6.45, 7) is 0. The fraction of sp³-hybridized carbons (Fsp3) is 0.0435. The number of fused-ring (bicyclic) bond motifs is 1. The van der Waals surface area contributed by atoms with Crippen LogP contribution < -0.4 is 5.32 Å². The van der Waals surface area contributed by atoms with Gasteiger partial charge in [-0.2, -0.15) is 13.2 Å². The van der Waals surface area contributed by atoms with Crippen molar-refractivity contribution in [3.8, 4) is 22.6 Å². The predicted octanol–water partition coefficient (Wildman–Crippen LogP) is 5.98. The van der Waals surface area contributed by atoms with Gasteiger partial charge in [0.25, 0.3) is 0 Å². The first-order valence-electron chi connectivity index (χ1n) is 9.73. The van der Waals surface area contributed by atoms with Crippen LogP contribution >= 0.6 is 0 Å². The van der Waals surface area contributed by atoms with Crippen molar-refractivity contribution in [1.29, 1.82) is 0 Å². The van der Waals surface area contributed by atoms with Gasteiger partial charge in [-0.25, -0.2) is 19.3 Å². The lowest BCUT2D eigenvalue weighted by atomic mass is 10.2. The molecule has 33 heavy (non-hydrogen) atoms. The molecule has 0 saturated carbocycles. The molecular formula is C23H14F4N6. The maximum atomic E-state index is 13.0. The van der Waals surface area contributed by atoms with E-state index < -0.39 is 17.6 Å². The van der Waals surface area contributed by atoms with Crippen LogP contribution in [0.4, 0.5) is 29.2 Å². The summed E-state index contributed by atoms with van der Waals surface area (Å²) in [5.41, 5.74) is 2.51. The van der Waals surface area contributed by atoms with Crippen LogP contribution in [0.15, 0.2) is 73.2 Å². The molecule has 0 aliphatic carbocycles. The van der Waals surface area contributed by atoms with E-state index in [1.54, 1.807) is 36.7 Å². The van der Waals surface area contributed by atoms with Crippen LogP contribution in [-0.2, 0) is 6.18 Å². The monoisotopic (exact) mass is 450 g/mol. The van der Waals surface area contributed by atoms with Crippen LogP contribution in [0.25, 0.3) is 33.7 Å². The number of alkyl halides is 3. The molecule has 0 radical (unpaired) electrons. The summed E-state index contributed by atoms with van der Waals surface area (Å²) in [5.74, 6) is 0.340. The minimum Gasteiger partial charge on any atom is -0.338 e. The summed E-state index contributed by atoms with van der Waals surface area (Å²) >= 11 is 0. The number of imidazole rings is 1. The van der Waals surface area contributed by atoms with Gasteiger partial charge in [-0.15, -0.1) is 0 Å².